The topological polar surface area (TPSA) is 0 Å². The average molecular weight is 232 g/mol. The maximum Gasteiger partial charge on any atom is -0.0331 e. The van der Waals surface area contributed by atoms with Gasteiger partial charge in [0.15, 0.2) is 0 Å². The van der Waals surface area contributed by atoms with Gasteiger partial charge in [-0.3, -0.25) is 0 Å². The third-order valence-corrected chi connectivity index (χ3v) is 2.86. The highest BCUT2D eigenvalue weighted by Crippen LogP contribution is 2.31. The van der Waals surface area contributed by atoms with Crippen molar-refractivity contribution in [2.45, 2.75) is 95.4 Å². The summed E-state index contributed by atoms with van der Waals surface area (Å²) in [4.78, 5) is 0. The van der Waals surface area contributed by atoms with E-state index in [0.29, 0.717) is 5.41 Å². The van der Waals surface area contributed by atoms with Gasteiger partial charge in [0, 0.05) is 0 Å². The van der Waals surface area contributed by atoms with E-state index in [1.807, 2.05) is 27.7 Å². The molecule has 0 bridgehead atoms. The van der Waals surface area contributed by atoms with Crippen molar-refractivity contribution in [2.24, 2.45) is 11.3 Å². The third-order valence-electron chi connectivity index (χ3n) is 2.86. The molecule has 0 saturated carbocycles. The lowest BCUT2D eigenvalue weighted by Gasteiger charge is -2.29. The molecule has 16 heavy (non-hydrogen) atoms. The van der Waals surface area contributed by atoms with E-state index in [1.54, 1.807) is 0 Å². The summed E-state index contributed by atoms with van der Waals surface area (Å²) in [6.07, 6.45) is 3.85. The molecule has 104 valence electrons. The summed E-state index contributed by atoms with van der Waals surface area (Å²) in [6.45, 7) is 23.8. The quantitative estimate of drug-likeness (QED) is 0.494. The normalized spacial score (nSPS) is 10.7. The molecule has 0 aliphatic rings. The SMILES string of the molecule is CC.CC.CCC.CCC(C)C(C)(C)CC. The van der Waals surface area contributed by atoms with Crippen LogP contribution in [0.25, 0.3) is 0 Å². The molecule has 0 rings (SSSR count). The van der Waals surface area contributed by atoms with Crippen molar-refractivity contribution in [3.63, 3.8) is 0 Å². The molecule has 0 spiro atoms. The Labute approximate surface area is 107 Å². The zero-order chi connectivity index (χ0) is 14.2. The summed E-state index contributed by atoms with van der Waals surface area (Å²) < 4.78 is 0. The molecule has 0 fully saturated rings. The molecule has 0 aromatic heterocycles. The monoisotopic (exact) mass is 232 g/mol. The largest absolute Gasteiger partial charge is 0.0683 e. The van der Waals surface area contributed by atoms with Crippen LogP contribution in [0, 0.1) is 11.3 Å². The highest BCUT2D eigenvalue weighted by atomic mass is 14.3. The lowest BCUT2D eigenvalue weighted by Crippen LogP contribution is -2.19. The molecule has 0 heterocycles. The van der Waals surface area contributed by atoms with Gasteiger partial charge in [0.1, 0.15) is 0 Å². The molecule has 0 radical (unpaired) electrons. The lowest BCUT2D eigenvalue weighted by molar-refractivity contribution is 0.215. The van der Waals surface area contributed by atoms with Crippen LogP contribution in [-0.4, -0.2) is 0 Å². The molecule has 0 aliphatic carbocycles. The lowest BCUT2D eigenvalue weighted by atomic mass is 9.77. The summed E-state index contributed by atoms with van der Waals surface area (Å²) in [6, 6.07) is 0. The van der Waals surface area contributed by atoms with E-state index in [-0.39, 0.29) is 0 Å². The summed E-state index contributed by atoms with van der Waals surface area (Å²) in [5.74, 6) is 0.863. The van der Waals surface area contributed by atoms with Gasteiger partial charge in [0.05, 0.1) is 0 Å². The standard InChI is InChI=1S/C9H20.C3H8.2C2H6/c1-6-8(3)9(4,5)7-2;1-3-2;2*1-2/h8H,6-7H2,1-5H3;3H2,1-2H3;2*1-2H3. The number of rotatable bonds is 3. The summed E-state index contributed by atoms with van der Waals surface area (Å²) >= 11 is 0. The van der Waals surface area contributed by atoms with Crippen LogP contribution in [0.15, 0.2) is 0 Å². The van der Waals surface area contributed by atoms with Crippen LogP contribution in [0.3, 0.4) is 0 Å². The molecule has 0 amide bonds. The number of hydrogen-bond donors (Lipinski definition) is 0. The first-order valence-electron chi connectivity index (χ1n) is 7.46. The van der Waals surface area contributed by atoms with Gasteiger partial charge in [0.25, 0.3) is 0 Å². The predicted octanol–water partition coefficient (Wildman–Crippen LogP) is 6.94. The molecular weight excluding hydrogens is 192 g/mol. The summed E-state index contributed by atoms with van der Waals surface area (Å²) in [5.41, 5.74) is 0.550. The third kappa shape index (κ3) is 19.6. The Morgan fingerprint density at radius 3 is 1.12 bits per heavy atom. The second kappa shape index (κ2) is 20.4. The molecule has 0 heteroatoms. The average Bonchev–Trinajstić information content (AvgIpc) is 2.34. The van der Waals surface area contributed by atoms with Gasteiger partial charge in [-0.05, 0) is 11.3 Å². The van der Waals surface area contributed by atoms with Gasteiger partial charge in [-0.25, -0.2) is 0 Å². The molecule has 0 aromatic carbocycles. The van der Waals surface area contributed by atoms with Crippen molar-refractivity contribution in [2.75, 3.05) is 0 Å². The van der Waals surface area contributed by atoms with Gasteiger partial charge < -0.3 is 0 Å². The van der Waals surface area contributed by atoms with Crippen molar-refractivity contribution in [3.8, 4) is 0 Å². The Balaban J connectivity index is -0.0000000864. The Morgan fingerprint density at radius 2 is 1.06 bits per heavy atom. The predicted molar refractivity (Wildman–Crippen MR) is 82.2 cm³/mol. The molecule has 0 aromatic rings. The zero-order valence-electron chi connectivity index (χ0n) is 14.2. The molecule has 0 aliphatic heterocycles. The second-order valence-corrected chi connectivity index (χ2v) is 4.36. The summed E-state index contributed by atoms with van der Waals surface area (Å²) in [7, 11) is 0. The van der Waals surface area contributed by atoms with E-state index in [0.717, 1.165) is 5.92 Å². The minimum absolute atomic E-state index is 0.550. The van der Waals surface area contributed by atoms with Crippen molar-refractivity contribution < 1.29 is 0 Å². The Morgan fingerprint density at radius 1 is 0.812 bits per heavy atom. The minimum atomic E-state index is 0.550. The first-order chi connectivity index (χ1) is 7.46. The van der Waals surface area contributed by atoms with Crippen LogP contribution in [0.4, 0.5) is 0 Å². The Hall–Kier alpha value is 0. The molecule has 1 unspecified atom stereocenters. The van der Waals surface area contributed by atoms with Gasteiger partial charge >= 0.3 is 0 Å². The maximum atomic E-state index is 2.35. The van der Waals surface area contributed by atoms with E-state index < -0.39 is 0 Å². The maximum absolute atomic E-state index is 2.35. The van der Waals surface area contributed by atoms with Gasteiger partial charge in [-0.15, -0.1) is 0 Å². The highest BCUT2D eigenvalue weighted by molar-refractivity contribution is 4.71. The molecule has 0 nitrogen and oxygen atoms in total. The van der Waals surface area contributed by atoms with Crippen LogP contribution in [0.5, 0.6) is 0 Å². The van der Waals surface area contributed by atoms with Crippen molar-refractivity contribution in [1.29, 1.82) is 0 Å². The van der Waals surface area contributed by atoms with E-state index in [2.05, 4.69) is 48.5 Å². The van der Waals surface area contributed by atoms with Crippen LogP contribution >= 0.6 is 0 Å². The van der Waals surface area contributed by atoms with Crippen LogP contribution < -0.4 is 0 Å². The van der Waals surface area contributed by atoms with Crippen molar-refractivity contribution >= 4 is 0 Å². The first-order valence-corrected chi connectivity index (χ1v) is 7.46. The van der Waals surface area contributed by atoms with Crippen molar-refractivity contribution in [1.82, 2.24) is 0 Å². The van der Waals surface area contributed by atoms with E-state index in [4.69, 9.17) is 0 Å². The fourth-order valence-corrected chi connectivity index (χ4v) is 0.901. The van der Waals surface area contributed by atoms with Gasteiger partial charge in [-0.1, -0.05) is 95.4 Å². The van der Waals surface area contributed by atoms with Crippen LogP contribution in [0.1, 0.15) is 95.4 Å². The minimum Gasteiger partial charge on any atom is -0.0683 e. The van der Waals surface area contributed by atoms with Gasteiger partial charge in [-0.2, -0.15) is 0 Å². The van der Waals surface area contributed by atoms with Crippen molar-refractivity contribution in [3.05, 3.63) is 0 Å². The molecule has 0 saturated heterocycles. The van der Waals surface area contributed by atoms with E-state index in [9.17, 15) is 0 Å². The highest BCUT2D eigenvalue weighted by Gasteiger charge is 2.21. The zero-order valence-corrected chi connectivity index (χ0v) is 14.2. The summed E-state index contributed by atoms with van der Waals surface area (Å²) in [5, 5.41) is 0. The van der Waals surface area contributed by atoms with E-state index >= 15 is 0 Å². The number of hydrogen-bond acceptors (Lipinski definition) is 0. The first kappa shape index (κ1) is 25.0. The fourth-order valence-electron chi connectivity index (χ4n) is 0.901. The molecule has 0 N–H and O–H groups in total. The molecular formula is C16H40. The molecule has 1 atom stereocenters. The van der Waals surface area contributed by atoms with E-state index in [1.165, 1.54) is 19.3 Å². The Bertz CT molecular complexity index is 82.0. The second-order valence-electron chi connectivity index (χ2n) is 4.36. The van der Waals surface area contributed by atoms with Crippen LogP contribution in [-0.2, 0) is 0 Å². The fraction of sp³-hybridized carbons (Fsp3) is 1.00. The smallest absolute Gasteiger partial charge is 0.0331 e. The van der Waals surface area contributed by atoms with Gasteiger partial charge in [0.2, 0.25) is 0 Å². The Kier molecular flexibility index (Phi) is 31.9. The van der Waals surface area contributed by atoms with Crippen LogP contribution in [0.2, 0.25) is 0 Å².